The van der Waals surface area contributed by atoms with Gasteiger partial charge in [-0.1, -0.05) is 0 Å². The number of carbonyl (C=O) groups is 3. The van der Waals surface area contributed by atoms with Gasteiger partial charge >= 0.3 is 17.9 Å². The normalized spacial score (nSPS) is 11.6. The standard InChI is InChI=1S/C33H38O12/c1-13-10-22(36)18(6)26(37)23(13)32(40)45-29-17(5)15(3)25(30(42-9)20(29)8)33(41)44-28-16(4)14(2)24(27(38)19(28)7)31(39)43-12-21(35)11-34/h10,21,34-38H,11-12H2,1-9H3/t21-/m0/s1. The molecule has 0 fully saturated rings. The van der Waals surface area contributed by atoms with E-state index in [1.165, 1.54) is 33.9 Å². The highest BCUT2D eigenvalue weighted by molar-refractivity contribution is 6.00. The van der Waals surface area contributed by atoms with E-state index < -0.39 is 48.7 Å². The van der Waals surface area contributed by atoms with E-state index >= 15 is 0 Å². The van der Waals surface area contributed by atoms with Gasteiger partial charge in [-0.15, -0.1) is 0 Å². The van der Waals surface area contributed by atoms with Gasteiger partial charge in [0, 0.05) is 16.7 Å². The van der Waals surface area contributed by atoms with Crippen LogP contribution in [0.2, 0.25) is 0 Å². The summed E-state index contributed by atoms with van der Waals surface area (Å²) < 4.78 is 22.1. The van der Waals surface area contributed by atoms with Crippen LogP contribution in [0.1, 0.15) is 75.6 Å². The molecule has 0 aromatic heterocycles. The molecule has 0 aliphatic rings. The maximum absolute atomic E-state index is 13.7. The molecule has 0 bridgehead atoms. The van der Waals surface area contributed by atoms with Gasteiger partial charge in [0.2, 0.25) is 0 Å². The second-order valence-electron chi connectivity index (χ2n) is 10.8. The van der Waals surface area contributed by atoms with Crippen molar-refractivity contribution in [2.45, 2.75) is 61.5 Å². The smallest absolute Gasteiger partial charge is 0.347 e. The Morgan fingerprint density at radius 3 is 1.67 bits per heavy atom. The first kappa shape index (κ1) is 34.7. The Balaban J connectivity index is 2.04. The number of phenols is 3. The molecule has 3 aromatic carbocycles. The number of aliphatic hydroxyl groups excluding tert-OH is 2. The number of aromatic hydroxyl groups is 3. The molecule has 12 nitrogen and oxygen atoms in total. The number of rotatable bonds is 9. The quantitative estimate of drug-likeness (QED) is 0.168. The fourth-order valence-corrected chi connectivity index (χ4v) is 4.99. The van der Waals surface area contributed by atoms with Crippen LogP contribution in [0, 0.1) is 55.4 Å². The summed E-state index contributed by atoms with van der Waals surface area (Å²) in [6.07, 6.45) is -1.29. The SMILES string of the molecule is COc1c(C)c(OC(=O)c2c(C)cc(O)c(C)c2O)c(C)c(C)c1C(=O)Oc1c(C)c(C)c(C(=O)OC[C@@H](O)CO)c(O)c1C. The maximum atomic E-state index is 13.7. The lowest BCUT2D eigenvalue weighted by Crippen LogP contribution is -2.23. The first-order valence-corrected chi connectivity index (χ1v) is 13.9. The van der Waals surface area contributed by atoms with Crippen molar-refractivity contribution < 1.29 is 58.9 Å². The van der Waals surface area contributed by atoms with Crippen molar-refractivity contribution in [2.24, 2.45) is 0 Å². The predicted octanol–water partition coefficient (Wildman–Crippen LogP) is 4.23. The van der Waals surface area contributed by atoms with Crippen LogP contribution >= 0.6 is 0 Å². The van der Waals surface area contributed by atoms with Crippen molar-refractivity contribution in [1.29, 1.82) is 0 Å². The second-order valence-corrected chi connectivity index (χ2v) is 10.8. The van der Waals surface area contributed by atoms with Crippen LogP contribution in [-0.2, 0) is 4.74 Å². The molecule has 0 aliphatic heterocycles. The topological polar surface area (TPSA) is 189 Å². The van der Waals surface area contributed by atoms with Crippen molar-refractivity contribution in [3.63, 3.8) is 0 Å². The highest BCUT2D eigenvalue weighted by Crippen LogP contribution is 2.42. The lowest BCUT2D eigenvalue weighted by molar-refractivity contribution is 0.00904. The molecule has 0 radical (unpaired) electrons. The highest BCUT2D eigenvalue weighted by Gasteiger charge is 2.31. The van der Waals surface area contributed by atoms with Gasteiger partial charge in [0.1, 0.15) is 63.9 Å². The molecule has 12 heteroatoms. The molecule has 0 amide bonds. The molecule has 242 valence electrons. The molecule has 3 aromatic rings. The summed E-state index contributed by atoms with van der Waals surface area (Å²) in [6.45, 7) is 11.3. The van der Waals surface area contributed by atoms with E-state index in [1.54, 1.807) is 34.6 Å². The summed E-state index contributed by atoms with van der Waals surface area (Å²) >= 11 is 0. The van der Waals surface area contributed by atoms with Gasteiger partial charge in [0.15, 0.2) is 0 Å². The average molecular weight is 627 g/mol. The van der Waals surface area contributed by atoms with Crippen LogP contribution < -0.4 is 14.2 Å². The first-order chi connectivity index (χ1) is 21.0. The lowest BCUT2D eigenvalue weighted by atomic mass is 9.95. The third-order valence-electron chi connectivity index (χ3n) is 7.94. The Kier molecular flexibility index (Phi) is 10.4. The van der Waals surface area contributed by atoms with Gasteiger partial charge in [-0.05, 0) is 89.3 Å². The predicted molar refractivity (Wildman–Crippen MR) is 162 cm³/mol. The number of aliphatic hydroxyl groups is 2. The van der Waals surface area contributed by atoms with Crippen LogP contribution in [0.3, 0.4) is 0 Å². The van der Waals surface area contributed by atoms with Gasteiger partial charge in [-0.2, -0.15) is 0 Å². The molecular formula is C33H38O12. The van der Waals surface area contributed by atoms with Gasteiger partial charge in [0.05, 0.1) is 13.7 Å². The van der Waals surface area contributed by atoms with E-state index in [1.807, 2.05) is 0 Å². The minimum absolute atomic E-state index is 0.00265. The largest absolute Gasteiger partial charge is 0.508 e. The van der Waals surface area contributed by atoms with Crippen molar-refractivity contribution in [3.05, 3.63) is 67.3 Å². The fraction of sp³-hybridized carbons (Fsp3) is 0.364. The summed E-state index contributed by atoms with van der Waals surface area (Å²) in [7, 11) is 1.33. The van der Waals surface area contributed by atoms with E-state index in [-0.39, 0.29) is 56.4 Å². The van der Waals surface area contributed by atoms with Crippen LogP contribution in [0.25, 0.3) is 0 Å². The summed E-state index contributed by atoms with van der Waals surface area (Å²) in [4.78, 5) is 39.6. The number of methoxy groups -OCH3 is 1. The summed E-state index contributed by atoms with van der Waals surface area (Å²) in [5, 5.41) is 49.9. The number of aryl methyl sites for hydroxylation is 1. The average Bonchev–Trinajstić information content (AvgIpc) is 2.99. The number of carbonyl (C=O) groups excluding carboxylic acids is 3. The van der Waals surface area contributed by atoms with Crippen molar-refractivity contribution in [3.8, 4) is 34.5 Å². The zero-order valence-electron chi connectivity index (χ0n) is 26.7. The molecule has 0 heterocycles. The lowest BCUT2D eigenvalue weighted by Gasteiger charge is -2.22. The number of hydrogen-bond acceptors (Lipinski definition) is 12. The number of hydrogen-bond donors (Lipinski definition) is 5. The minimum atomic E-state index is -1.29. The van der Waals surface area contributed by atoms with Gasteiger partial charge in [-0.25, -0.2) is 14.4 Å². The van der Waals surface area contributed by atoms with E-state index in [2.05, 4.69) is 0 Å². The van der Waals surface area contributed by atoms with Gasteiger partial charge in [0.25, 0.3) is 0 Å². The molecule has 1 atom stereocenters. The number of ether oxygens (including phenoxy) is 4. The van der Waals surface area contributed by atoms with E-state index in [0.29, 0.717) is 27.8 Å². The summed E-state index contributed by atoms with van der Waals surface area (Å²) in [5.41, 5.74) is 1.94. The molecule has 3 rings (SSSR count). The van der Waals surface area contributed by atoms with Crippen LogP contribution in [0.4, 0.5) is 0 Å². The van der Waals surface area contributed by atoms with Crippen molar-refractivity contribution in [1.82, 2.24) is 0 Å². The fourth-order valence-electron chi connectivity index (χ4n) is 4.99. The third kappa shape index (κ3) is 6.38. The van der Waals surface area contributed by atoms with Gasteiger partial charge in [-0.3, -0.25) is 0 Å². The number of esters is 3. The van der Waals surface area contributed by atoms with Crippen LogP contribution in [-0.4, -0.2) is 69.9 Å². The molecule has 0 saturated heterocycles. The second kappa shape index (κ2) is 13.4. The Hall–Kier alpha value is -4.81. The van der Waals surface area contributed by atoms with E-state index in [0.717, 1.165) is 0 Å². The third-order valence-corrected chi connectivity index (χ3v) is 7.94. The van der Waals surface area contributed by atoms with Crippen molar-refractivity contribution >= 4 is 17.9 Å². The Morgan fingerprint density at radius 1 is 0.644 bits per heavy atom. The molecule has 0 unspecified atom stereocenters. The first-order valence-electron chi connectivity index (χ1n) is 13.9. The van der Waals surface area contributed by atoms with Crippen LogP contribution in [0.15, 0.2) is 6.07 Å². The van der Waals surface area contributed by atoms with Gasteiger partial charge < -0.3 is 44.5 Å². The molecule has 0 aliphatic carbocycles. The number of phenolic OH excluding ortho intramolecular Hbond substituents is 3. The summed E-state index contributed by atoms with van der Waals surface area (Å²) in [5.74, 6) is -3.55. The summed E-state index contributed by atoms with van der Waals surface area (Å²) in [6, 6.07) is 1.34. The minimum Gasteiger partial charge on any atom is -0.508 e. The monoisotopic (exact) mass is 626 g/mol. The van der Waals surface area contributed by atoms with E-state index in [9.17, 15) is 34.8 Å². The Bertz CT molecular complexity index is 1670. The zero-order valence-corrected chi connectivity index (χ0v) is 26.7. The van der Waals surface area contributed by atoms with Crippen molar-refractivity contribution in [2.75, 3.05) is 20.3 Å². The van der Waals surface area contributed by atoms with Crippen LogP contribution in [0.5, 0.6) is 34.5 Å². The molecule has 0 spiro atoms. The maximum Gasteiger partial charge on any atom is 0.347 e. The molecule has 0 saturated carbocycles. The number of benzene rings is 3. The Morgan fingerprint density at radius 2 is 1.13 bits per heavy atom. The zero-order chi connectivity index (χ0) is 34.1. The molecular weight excluding hydrogens is 588 g/mol. The van der Waals surface area contributed by atoms with E-state index in [4.69, 9.17) is 24.1 Å². The molecule has 5 N–H and O–H groups in total. The highest BCUT2D eigenvalue weighted by atomic mass is 16.6. The molecule has 45 heavy (non-hydrogen) atoms. The Labute approximate surface area is 260 Å².